The number of nitrogens with one attached hydrogen (secondary N) is 1. The predicted molar refractivity (Wildman–Crippen MR) is 111 cm³/mol. The van der Waals surface area contributed by atoms with Gasteiger partial charge in [0.1, 0.15) is 22.7 Å². The van der Waals surface area contributed by atoms with E-state index in [4.69, 9.17) is 17.3 Å². The van der Waals surface area contributed by atoms with Crippen LogP contribution in [0.4, 0.5) is 11.5 Å². The SMILES string of the molecule is C[C@H](Nc1cc(N)ncc1C#N)c1cc2ncc(Cl)n2c(=O)n1-c1ccccc1. The van der Waals surface area contributed by atoms with Crippen molar-refractivity contribution in [3.05, 3.63) is 81.8 Å². The number of aromatic nitrogens is 4. The van der Waals surface area contributed by atoms with Crippen molar-refractivity contribution in [2.24, 2.45) is 0 Å². The second-order valence-corrected chi connectivity index (χ2v) is 6.82. The third-order valence-corrected chi connectivity index (χ3v) is 4.81. The summed E-state index contributed by atoms with van der Waals surface area (Å²) in [6.07, 6.45) is 2.85. The van der Waals surface area contributed by atoms with Gasteiger partial charge in [0.15, 0.2) is 0 Å². The maximum absolute atomic E-state index is 13.3. The van der Waals surface area contributed by atoms with Gasteiger partial charge in [-0.15, -0.1) is 0 Å². The van der Waals surface area contributed by atoms with Gasteiger partial charge in [-0.2, -0.15) is 5.26 Å². The van der Waals surface area contributed by atoms with Gasteiger partial charge >= 0.3 is 5.69 Å². The van der Waals surface area contributed by atoms with Crippen LogP contribution in [0, 0.1) is 11.3 Å². The highest BCUT2D eigenvalue weighted by Crippen LogP contribution is 2.25. The molecule has 8 nitrogen and oxygen atoms in total. The van der Waals surface area contributed by atoms with Crippen LogP contribution in [0.25, 0.3) is 11.3 Å². The molecule has 29 heavy (non-hydrogen) atoms. The van der Waals surface area contributed by atoms with Gasteiger partial charge in [-0.3, -0.25) is 4.57 Å². The minimum absolute atomic E-state index is 0.232. The second kappa shape index (κ2) is 7.30. The molecule has 0 saturated carbocycles. The van der Waals surface area contributed by atoms with Crippen molar-refractivity contribution >= 4 is 28.8 Å². The van der Waals surface area contributed by atoms with Gasteiger partial charge < -0.3 is 11.1 Å². The number of fused-ring (bicyclic) bond motifs is 1. The molecule has 0 aliphatic rings. The van der Waals surface area contributed by atoms with Crippen molar-refractivity contribution in [3.8, 4) is 11.8 Å². The number of pyridine rings is 1. The van der Waals surface area contributed by atoms with E-state index >= 15 is 0 Å². The minimum Gasteiger partial charge on any atom is -0.384 e. The van der Waals surface area contributed by atoms with Gasteiger partial charge in [-0.25, -0.2) is 19.2 Å². The number of rotatable bonds is 4. The van der Waals surface area contributed by atoms with Crippen LogP contribution in [-0.4, -0.2) is 18.9 Å². The van der Waals surface area contributed by atoms with Crippen molar-refractivity contribution in [2.75, 3.05) is 11.1 Å². The third-order valence-electron chi connectivity index (χ3n) is 4.54. The van der Waals surface area contributed by atoms with Gasteiger partial charge in [-0.05, 0) is 19.1 Å². The van der Waals surface area contributed by atoms with Crippen LogP contribution in [0.2, 0.25) is 5.15 Å². The van der Waals surface area contributed by atoms with Crippen molar-refractivity contribution in [1.29, 1.82) is 5.26 Å². The van der Waals surface area contributed by atoms with Crippen molar-refractivity contribution < 1.29 is 0 Å². The molecule has 0 spiro atoms. The molecule has 4 aromatic rings. The highest BCUT2D eigenvalue weighted by molar-refractivity contribution is 6.29. The molecule has 1 aromatic carbocycles. The number of para-hydroxylation sites is 1. The molecule has 3 aromatic heterocycles. The number of nitrogens with two attached hydrogens (primary N) is 1. The molecular formula is C20H16ClN7O. The van der Waals surface area contributed by atoms with Gasteiger partial charge in [0.25, 0.3) is 0 Å². The zero-order valence-electron chi connectivity index (χ0n) is 15.4. The molecular weight excluding hydrogens is 390 g/mol. The topological polar surface area (TPSA) is 114 Å². The van der Waals surface area contributed by atoms with E-state index < -0.39 is 0 Å². The molecule has 0 saturated heterocycles. The van der Waals surface area contributed by atoms with E-state index in [-0.39, 0.29) is 22.7 Å². The van der Waals surface area contributed by atoms with Crippen molar-refractivity contribution in [3.63, 3.8) is 0 Å². The fourth-order valence-corrected chi connectivity index (χ4v) is 3.39. The number of halogens is 1. The summed E-state index contributed by atoms with van der Waals surface area (Å²) >= 11 is 6.17. The predicted octanol–water partition coefficient (Wildman–Crippen LogP) is 3.16. The molecule has 0 radical (unpaired) electrons. The highest BCUT2D eigenvalue weighted by Gasteiger charge is 2.19. The fraction of sp³-hybridized carbons (Fsp3) is 0.100. The van der Waals surface area contributed by atoms with E-state index in [0.29, 0.717) is 28.3 Å². The summed E-state index contributed by atoms with van der Waals surface area (Å²) < 4.78 is 2.91. The smallest absolute Gasteiger partial charge is 0.339 e. The Morgan fingerprint density at radius 2 is 1.97 bits per heavy atom. The summed E-state index contributed by atoms with van der Waals surface area (Å²) in [5.74, 6) is 0.287. The summed E-state index contributed by atoms with van der Waals surface area (Å²) in [6.45, 7) is 1.88. The molecule has 144 valence electrons. The lowest BCUT2D eigenvalue weighted by Gasteiger charge is -2.21. The Balaban J connectivity index is 1.90. The number of hydrogen-bond acceptors (Lipinski definition) is 6. The first-order valence-corrected chi connectivity index (χ1v) is 9.14. The summed E-state index contributed by atoms with van der Waals surface area (Å²) in [5, 5.41) is 12.8. The van der Waals surface area contributed by atoms with Crippen molar-refractivity contribution in [2.45, 2.75) is 13.0 Å². The van der Waals surface area contributed by atoms with Crippen molar-refractivity contribution in [1.82, 2.24) is 18.9 Å². The number of imidazole rings is 1. The summed E-state index contributed by atoms with van der Waals surface area (Å²) in [5.41, 5.74) is 8.08. The fourth-order valence-electron chi connectivity index (χ4n) is 3.19. The molecule has 0 amide bonds. The zero-order valence-corrected chi connectivity index (χ0v) is 16.1. The number of benzene rings is 1. The van der Waals surface area contributed by atoms with Gasteiger partial charge in [0.2, 0.25) is 0 Å². The van der Waals surface area contributed by atoms with Gasteiger partial charge in [-0.1, -0.05) is 29.8 Å². The van der Waals surface area contributed by atoms with Crippen LogP contribution in [0.1, 0.15) is 24.2 Å². The highest BCUT2D eigenvalue weighted by atomic mass is 35.5. The number of nitrogens with zero attached hydrogens (tertiary/aromatic N) is 5. The summed E-state index contributed by atoms with van der Waals surface area (Å²) in [4.78, 5) is 21.4. The summed E-state index contributed by atoms with van der Waals surface area (Å²) in [6, 6.07) is 14.3. The average molecular weight is 406 g/mol. The van der Waals surface area contributed by atoms with Crippen LogP contribution in [0.3, 0.4) is 0 Å². The first-order valence-electron chi connectivity index (χ1n) is 8.76. The maximum Gasteiger partial charge on any atom is 0.339 e. The number of hydrogen-bond donors (Lipinski definition) is 2. The Morgan fingerprint density at radius 1 is 1.21 bits per heavy atom. The lowest BCUT2D eigenvalue weighted by atomic mass is 10.1. The first kappa shape index (κ1) is 18.5. The van der Waals surface area contributed by atoms with Crippen LogP contribution in [0.5, 0.6) is 0 Å². The quantitative estimate of drug-likeness (QED) is 0.539. The van der Waals surface area contributed by atoms with Gasteiger partial charge in [0.05, 0.1) is 34.9 Å². The first-order chi connectivity index (χ1) is 14.0. The van der Waals surface area contributed by atoms with E-state index in [9.17, 15) is 10.1 Å². The zero-order chi connectivity index (χ0) is 20.5. The van der Waals surface area contributed by atoms with Crippen LogP contribution in [-0.2, 0) is 0 Å². The molecule has 0 aliphatic heterocycles. The molecule has 1 atom stereocenters. The largest absolute Gasteiger partial charge is 0.384 e. The molecule has 0 aliphatic carbocycles. The monoisotopic (exact) mass is 405 g/mol. The molecule has 3 heterocycles. The third kappa shape index (κ3) is 3.28. The number of nitriles is 1. The Kier molecular flexibility index (Phi) is 4.66. The van der Waals surface area contributed by atoms with E-state index in [1.807, 2.05) is 37.3 Å². The molecule has 0 fully saturated rings. The van der Waals surface area contributed by atoms with E-state index in [0.717, 1.165) is 0 Å². The Bertz CT molecular complexity index is 1300. The van der Waals surface area contributed by atoms with E-state index in [1.54, 1.807) is 16.7 Å². The molecule has 0 unspecified atom stereocenters. The lowest BCUT2D eigenvalue weighted by Crippen LogP contribution is -2.30. The second-order valence-electron chi connectivity index (χ2n) is 6.43. The molecule has 0 bridgehead atoms. The summed E-state index contributed by atoms with van der Waals surface area (Å²) in [7, 11) is 0. The Hall–Kier alpha value is -3.83. The Labute approximate surface area is 170 Å². The van der Waals surface area contributed by atoms with Crippen LogP contribution >= 0.6 is 11.6 Å². The number of anilines is 2. The van der Waals surface area contributed by atoms with Gasteiger partial charge in [0, 0.05) is 18.3 Å². The van der Waals surface area contributed by atoms with E-state index in [1.165, 1.54) is 16.8 Å². The van der Waals surface area contributed by atoms with Crippen LogP contribution in [0.15, 0.2) is 59.7 Å². The lowest BCUT2D eigenvalue weighted by molar-refractivity contribution is 0.741. The standard InChI is InChI=1S/C20H16ClN7O/c1-12(26-15-7-18(23)24-10-13(15)9-22)16-8-19-25-11-17(21)28(19)20(29)27(16)14-5-3-2-4-6-14/h2-8,10-12H,1H3,(H3,23,24,26)/t12-/m0/s1. The Morgan fingerprint density at radius 3 is 2.69 bits per heavy atom. The molecule has 4 rings (SSSR count). The number of nitrogen functional groups attached to an aromatic ring is 1. The maximum atomic E-state index is 13.3. The molecule has 9 heteroatoms. The van der Waals surface area contributed by atoms with E-state index in [2.05, 4.69) is 21.4 Å². The average Bonchev–Trinajstić information content (AvgIpc) is 3.09. The van der Waals surface area contributed by atoms with Crippen LogP contribution < -0.4 is 16.7 Å². The normalized spacial score (nSPS) is 11.9. The molecule has 3 N–H and O–H groups in total. The minimum atomic E-state index is -0.364.